The van der Waals surface area contributed by atoms with Crippen LogP contribution in [0.4, 0.5) is 11.4 Å². The van der Waals surface area contributed by atoms with E-state index in [1.54, 1.807) is 0 Å². The Labute approximate surface area is 155 Å². The number of benzene rings is 4. The summed E-state index contributed by atoms with van der Waals surface area (Å²) in [6, 6.07) is 35.0. The average molecular weight is 337 g/mol. The fourth-order valence-corrected chi connectivity index (χ4v) is 3.54. The molecule has 0 amide bonds. The minimum atomic E-state index is 0.363. The van der Waals surface area contributed by atoms with Gasteiger partial charge < -0.3 is 4.90 Å². The molecule has 0 fully saturated rings. The molecule has 0 saturated carbocycles. The predicted octanol–water partition coefficient (Wildman–Crippen LogP) is 7.05. The van der Waals surface area contributed by atoms with Gasteiger partial charge in [-0.3, -0.25) is 0 Å². The van der Waals surface area contributed by atoms with E-state index < -0.39 is 0 Å². The first kappa shape index (κ1) is 16.4. The molecule has 128 valence electrons. The topological polar surface area (TPSA) is 3.24 Å². The number of hydrogen-bond acceptors (Lipinski definition) is 1. The summed E-state index contributed by atoms with van der Waals surface area (Å²) in [7, 11) is 0. The number of rotatable bonds is 4. The smallest absolute Gasteiger partial charge is 0.0419 e. The van der Waals surface area contributed by atoms with E-state index in [4.69, 9.17) is 0 Å². The van der Waals surface area contributed by atoms with Crippen molar-refractivity contribution in [1.29, 1.82) is 0 Å². The lowest BCUT2D eigenvalue weighted by Crippen LogP contribution is -2.25. The standard InChI is InChI=1S/C25H23N/c1-19(2)26(25-16-15-21-11-6-7-12-22(21)18-25)24-14-8-13-23(17-24)20-9-4-3-5-10-20/h3-19H,1-2H3. The first-order valence-electron chi connectivity index (χ1n) is 9.16. The largest absolute Gasteiger partial charge is 0.339 e. The lowest BCUT2D eigenvalue weighted by molar-refractivity contribution is 0.789. The monoisotopic (exact) mass is 337 g/mol. The van der Waals surface area contributed by atoms with E-state index in [9.17, 15) is 0 Å². The summed E-state index contributed by atoms with van der Waals surface area (Å²) < 4.78 is 0. The van der Waals surface area contributed by atoms with E-state index in [1.807, 2.05) is 0 Å². The van der Waals surface area contributed by atoms with E-state index >= 15 is 0 Å². The molecule has 0 heterocycles. The summed E-state index contributed by atoms with van der Waals surface area (Å²) in [6.45, 7) is 4.48. The second-order valence-electron chi connectivity index (χ2n) is 6.91. The Hall–Kier alpha value is -3.06. The summed E-state index contributed by atoms with van der Waals surface area (Å²) >= 11 is 0. The van der Waals surface area contributed by atoms with Gasteiger partial charge in [-0.2, -0.15) is 0 Å². The second-order valence-corrected chi connectivity index (χ2v) is 6.91. The fraction of sp³-hybridized carbons (Fsp3) is 0.120. The van der Waals surface area contributed by atoms with Crippen LogP contribution in [0.15, 0.2) is 97.1 Å². The second kappa shape index (κ2) is 7.05. The zero-order chi connectivity index (χ0) is 17.9. The van der Waals surface area contributed by atoms with Gasteiger partial charge in [0.15, 0.2) is 0 Å². The molecule has 0 radical (unpaired) electrons. The lowest BCUT2D eigenvalue weighted by Gasteiger charge is -2.30. The zero-order valence-electron chi connectivity index (χ0n) is 15.3. The number of anilines is 2. The highest BCUT2D eigenvalue weighted by atomic mass is 15.2. The average Bonchev–Trinajstić information content (AvgIpc) is 2.69. The Morgan fingerprint density at radius 2 is 1.19 bits per heavy atom. The Bertz CT molecular complexity index is 1020. The van der Waals surface area contributed by atoms with Crippen molar-refractivity contribution in [3.8, 4) is 11.1 Å². The van der Waals surface area contributed by atoms with Crippen LogP contribution in [0.5, 0.6) is 0 Å². The molecule has 26 heavy (non-hydrogen) atoms. The van der Waals surface area contributed by atoms with Crippen LogP contribution in [0, 0.1) is 0 Å². The number of fused-ring (bicyclic) bond motifs is 1. The molecule has 0 aromatic heterocycles. The molecule has 1 nitrogen and oxygen atoms in total. The van der Waals surface area contributed by atoms with Crippen LogP contribution in [-0.2, 0) is 0 Å². The summed E-state index contributed by atoms with van der Waals surface area (Å²) in [4.78, 5) is 2.40. The van der Waals surface area contributed by atoms with Crippen molar-refractivity contribution in [3.05, 3.63) is 97.1 Å². The highest BCUT2D eigenvalue weighted by molar-refractivity contribution is 5.87. The number of hydrogen-bond donors (Lipinski definition) is 0. The third kappa shape index (κ3) is 3.21. The summed E-state index contributed by atoms with van der Waals surface area (Å²) in [5.41, 5.74) is 4.94. The minimum absolute atomic E-state index is 0.363. The molecule has 4 aromatic carbocycles. The van der Waals surface area contributed by atoms with Crippen molar-refractivity contribution in [2.75, 3.05) is 4.90 Å². The molecule has 0 aliphatic rings. The third-order valence-electron chi connectivity index (χ3n) is 4.76. The van der Waals surface area contributed by atoms with Crippen LogP contribution in [-0.4, -0.2) is 6.04 Å². The highest BCUT2D eigenvalue weighted by Crippen LogP contribution is 2.33. The van der Waals surface area contributed by atoms with Gasteiger partial charge in [-0.05, 0) is 60.0 Å². The maximum absolute atomic E-state index is 2.40. The molecule has 0 atom stereocenters. The third-order valence-corrected chi connectivity index (χ3v) is 4.76. The molecule has 1 heteroatoms. The molecule has 0 aliphatic carbocycles. The predicted molar refractivity (Wildman–Crippen MR) is 113 cm³/mol. The summed E-state index contributed by atoms with van der Waals surface area (Å²) in [5, 5.41) is 2.55. The molecule has 0 saturated heterocycles. The van der Waals surface area contributed by atoms with Crippen LogP contribution in [0.3, 0.4) is 0 Å². The van der Waals surface area contributed by atoms with E-state index in [2.05, 4.69) is 116 Å². The van der Waals surface area contributed by atoms with Crippen molar-refractivity contribution in [2.24, 2.45) is 0 Å². The van der Waals surface area contributed by atoms with Gasteiger partial charge in [0.25, 0.3) is 0 Å². The van der Waals surface area contributed by atoms with Crippen LogP contribution in [0.25, 0.3) is 21.9 Å². The molecule has 0 N–H and O–H groups in total. The molecule has 0 unspecified atom stereocenters. The van der Waals surface area contributed by atoms with Crippen molar-refractivity contribution in [1.82, 2.24) is 0 Å². The Balaban J connectivity index is 1.79. The maximum Gasteiger partial charge on any atom is 0.0419 e. The lowest BCUT2D eigenvalue weighted by atomic mass is 10.0. The first-order chi connectivity index (χ1) is 12.7. The van der Waals surface area contributed by atoms with Gasteiger partial charge in [-0.25, -0.2) is 0 Å². The van der Waals surface area contributed by atoms with Gasteiger partial charge in [-0.15, -0.1) is 0 Å². The van der Waals surface area contributed by atoms with E-state index in [-0.39, 0.29) is 0 Å². The zero-order valence-corrected chi connectivity index (χ0v) is 15.3. The Kier molecular flexibility index (Phi) is 4.45. The van der Waals surface area contributed by atoms with Crippen molar-refractivity contribution in [3.63, 3.8) is 0 Å². The van der Waals surface area contributed by atoms with Gasteiger partial charge in [0.1, 0.15) is 0 Å². The molecule has 0 bridgehead atoms. The molecule has 4 aromatic rings. The van der Waals surface area contributed by atoms with E-state index in [0.717, 1.165) is 0 Å². The molecule has 4 rings (SSSR count). The first-order valence-corrected chi connectivity index (χ1v) is 9.16. The molecule has 0 aliphatic heterocycles. The summed E-state index contributed by atoms with van der Waals surface area (Å²) in [6.07, 6.45) is 0. The van der Waals surface area contributed by atoms with E-state index in [1.165, 1.54) is 33.3 Å². The van der Waals surface area contributed by atoms with Gasteiger partial charge in [0, 0.05) is 17.4 Å². The van der Waals surface area contributed by atoms with Gasteiger partial charge in [0.2, 0.25) is 0 Å². The van der Waals surface area contributed by atoms with Crippen LogP contribution < -0.4 is 4.90 Å². The summed E-state index contributed by atoms with van der Waals surface area (Å²) in [5.74, 6) is 0. The molecular weight excluding hydrogens is 314 g/mol. The van der Waals surface area contributed by atoms with Crippen LogP contribution in [0.2, 0.25) is 0 Å². The molecule has 0 spiro atoms. The maximum atomic E-state index is 2.40. The SMILES string of the molecule is CC(C)N(c1cccc(-c2ccccc2)c1)c1ccc2ccccc2c1. The van der Waals surface area contributed by atoms with Gasteiger partial charge >= 0.3 is 0 Å². The Morgan fingerprint density at radius 1 is 0.538 bits per heavy atom. The minimum Gasteiger partial charge on any atom is -0.339 e. The van der Waals surface area contributed by atoms with Crippen molar-refractivity contribution in [2.45, 2.75) is 19.9 Å². The van der Waals surface area contributed by atoms with Crippen LogP contribution in [0.1, 0.15) is 13.8 Å². The highest BCUT2D eigenvalue weighted by Gasteiger charge is 2.14. The van der Waals surface area contributed by atoms with Gasteiger partial charge in [-0.1, -0.05) is 72.8 Å². The fourth-order valence-electron chi connectivity index (χ4n) is 3.54. The van der Waals surface area contributed by atoms with Crippen molar-refractivity contribution < 1.29 is 0 Å². The quantitative estimate of drug-likeness (QED) is 0.385. The van der Waals surface area contributed by atoms with Crippen molar-refractivity contribution >= 4 is 22.1 Å². The normalized spacial score (nSPS) is 11.0. The van der Waals surface area contributed by atoms with Crippen LogP contribution >= 0.6 is 0 Å². The van der Waals surface area contributed by atoms with E-state index in [0.29, 0.717) is 6.04 Å². The van der Waals surface area contributed by atoms with Gasteiger partial charge in [0.05, 0.1) is 0 Å². The molecular formula is C25H23N. The number of nitrogens with zero attached hydrogens (tertiary/aromatic N) is 1. The Morgan fingerprint density at radius 3 is 1.96 bits per heavy atom.